The molecule has 0 aliphatic rings. The number of Topliss-reactive ketones (excluding diaryl/α,β-unsaturated/α-hetero) is 1. The van der Waals surface area contributed by atoms with E-state index in [1.54, 1.807) is 78.9 Å². The zero-order valence-electron chi connectivity index (χ0n) is 22.1. The van der Waals surface area contributed by atoms with Gasteiger partial charge in [-0.15, -0.1) is 0 Å². The van der Waals surface area contributed by atoms with Crippen LogP contribution >= 0.6 is 0 Å². The number of nitrogens with two attached hydrogens (primary N) is 1. The van der Waals surface area contributed by atoms with Crippen LogP contribution in [0.3, 0.4) is 0 Å². The highest BCUT2D eigenvalue weighted by Crippen LogP contribution is 2.39. The van der Waals surface area contributed by atoms with E-state index >= 15 is 0 Å². The minimum Gasteiger partial charge on any atom is -0.491 e. The van der Waals surface area contributed by atoms with E-state index in [0.29, 0.717) is 33.9 Å². The van der Waals surface area contributed by atoms with Crippen molar-refractivity contribution in [3.63, 3.8) is 0 Å². The molecule has 0 unspecified atom stereocenters. The molecule has 0 aliphatic heterocycles. The molecule has 2 amide bonds. The maximum atomic E-state index is 12.9. The van der Waals surface area contributed by atoms with E-state index in [2.05, 4.69) is 10.6 Å². The number of para-hydroxylation sites is 2. The molecule has 0 saturated heterocycles. The Morgan fingerprint density at radius 3 is 2.26 bits per heavy atom. The van der Waals surface area contributed by atoms with Crippen LogP contribution in [0.5, 0.6) is 5.75 Å². The summed E-state index contributed by atoms with van der Waals surface area (Å²) in [6.45, 7) is 5.17. The first kappa shape index (κ1) is 28.9. The number of ketones is 1. The number of aliphatic hydroxyl groups is 1. The Morgan fingerprint density at radius 2 is 1.64 bits per heavy atom. The standard InChI is InChI=1S/C30H33N3O6/c1-20(35)21-8-12-23(13-9-21)32-29(37)39-28(22-10-14-24(15-11-22)38-19-18-34)30(2,3)17-16-27(36)33-26-7-5-4-6-25(26)31/h4-17,28,34H,18-19,31H2,1-3H3,(H,32,37)(H,33,36)/b17-16+/t28-/m0/s1. The molecule has 0 bridgehead atoms. The van der Waals surface area contributed by atoms with Gasteiger partial charge in [0.05, 0.1) is 18.0 Å². The van der Waals surface area contributed by atoms with Crippen molar-refractivity contribution in [2.24, 2.45) is 5.41 Å². The summed E-state index contributed by atoms with van der Waals surface area (Å²) in [4.78, 5) is 37.1. The van der Waals surface area contributed by atoms with Crippen LogP contribution in [0, 0.1) is 5.41 Å². The average Bonchev–Trinajstić information content (AvgIpc) is 2.91. The Morgan fingerprint density at radius 1 is 0.974 bits per heavy atom. The van der Waals surface area contributed by atoms with Crippen LogP contribution in [-0.2, 0) is 9.53 Å². The van der Waals surface area contributed by atoms with Crippen molar-refractivity contribution in [1.82, 2.24) is 0 Å². The van der Waals surface area contributed by atoms with Gasteiger partial charge in [0.25, 0.3) is 0 Å². The molecular formula is C30H33N3O6. The molecule has 0 aliphatic carbocycles. The molecule has 204 valence electrons. The second-order valence-corrected chi connectivity index (χ2v) is 9.42. The van der Waals surface area contributed by atoms with E-state index in [0.717, 1.165) is 0 Å². The average molecular weight is 532 g/mol. The molecule has 0 fully saturated rings. The molecule has 0 heterocycles. The summed E-state index contributed by atoms with van der Waals surface area (Å²) in [6.07, 6.45) is 1.53. The summed E-state index contributed by atoms with van der Waals surface area (Å²) in [6, 6.07) is 20.3. The SMILES string of the molecule is CC(=O)c1ccc(NC(=O)O[C@@H](c2ccc(OCCO)cc2)C(C)(C)/C=C/C(=O)Nc2ccccc2N)cc1. The van der Waals surface area contributed by atoms with E-state index in [1.165, 1.54) is 13.0 Å². The first-order valence-corrected chi connectivity index (χ1v) is 12.4. The normalized spacial score (nSPS) is 12.0. The largest absolute Gasteiger partial charge is 0.491 e. The maximum Gasteiger partial charge on any atom is 0.412 e. The number of nitrogens with one attached hydrogen (secondary N) is 2. The quantitative estimate of drug-likeness (QED) is 0.148. The maximum absolute atomic E-state index is 12.9. The third kappa shape index (κ3) is 8.44. The summed E-state index contributed by atoms with van der Waals surface area (Å²) in [5, 5.41) is 14.4. The van der Waals surface area contributed by atoms with Crippen molar-refractivity contribution in [3.8, 4) is 5.75 Å². The summed E-state index contributed by atoms with van der Waals surface area (Å²) >= 11 is 0. The first-order chi connectivity index (χ1) is 18.6. The minimum absolute atomic E-state index is 0.0804. The van der Waals surface area contributed by atoms with Gasteiger partial charge in [-0.25, -0.2) is 4.79 Å². The van der Waals surface area contributed by atoms with E-state index in [4.69, 9.17) is 20.3 Å². The van der Waals surface area contributed by atoms with E-state index in [9.17, 15) is 14.4 Å². The number of benzene rings is 3. The predicted molar refractivity (Wildman–Crippen MR) is 151 cm³/mol. The van der Waals surface area contributed by atoms with Gasteiger partial charge in [-0.1, -0.05) is 44.2 Å². The van der Waals surface area contributed by atoms with Crippen LogP contribution in [0.2, 0.25) is 0 Å². The smallest absolute Gasteiger partial charge is 0.412 e. The van der Waals surface area contributed by atoms with Crippen molar-refractivity contribution < 1.29 is 29.0 Å². The fourth-order valence-electron chi connectivity index (χ4n) is 3.76. The highest BCUT2D eigenvalue weighted by Gasteiger charge is 2.32. The van der Waals surface area contributed by atoms with Crippen molar-refractivity contribution >= 4 is 34.8 Å². The zero-order valence-corrected chi connectivity index (χ0v) is 22.1. The van der Waals surface area contributed by atoms with Crippen molar-refractivity contribution in [1.29, 1.82) is 0 Å². The van der Waals surface area contributed by atoms with Crippen LogP contribution < -0.4 is 21.1 Å². The number of nitrogen functional groups attached to an aromatic ring is 1. The molecule has 9 nitrogen and oxygen atoms in total. The summed E-state index contributed by atoms with van der Waals surface area (Å²) in [7, 11) is 0. The van der Waals surface area contributed by atoms with E-state index in [-0.39, 0.29) is 24.9 Å². The van der Waals surface area contributed by atoms with Gasteiger partial charge in [-0.05, 0) is 67.1 Å². The Labute approximate surface area is 227 Å². The Balaban J connectivity index is 1.81. The molecule has 3 aromatic carbocycles. The first-order valence-electron chi connectivity index (χ1n) is 12.4. The summed E-state index contributed by atoms with van der Waals surface area (Å²) < 4.78 is 11.3. The number of carbonyl (C=O) groups is 3. The minimum atomic E-state index is -0.830. The van der Waals surface area contributed by atoms with Gasteiger partial charge in [0.2, 0.25) is 5.91 Å². The molecule has 3 rings (SSSR count). The number of anilines is 3. The number of amides is 2. The molecule has 0 radical (unpaired) electrons. The molecule has 9 heteroatoms. The van der Waals surface area contributed by atoms with Gasteiger partial charge >= 0.3 is 6.09 Å². The van der Waals surface area contributed by atoms with Gasteiger partial charge < -0.3 is 25.6 Å². The van der Waals surface area contributed by atoms with Crippen LogP contribution in [0.4, 0.5) is 21.9 Å². The zero-order chi connectivity index (χ0) is 28.4. The molecule has 0 aromatic heterocycles. The van der Waals surface area contributed by atoms with Crippen LogP contribution in [0.1, 0.15) is 42.8 Å². The number of rotatable bonds is 11. The van der Waals surface area contributed by atoms with Crippen LogP contribution in [-0.4, -0.2) is 36.1 Å². The third-order valence-electron chi connectivity index (χ3n) is 5.86. The fourth-order valence-corrected chi connectivity index (χ4v) is 3.76. The fraction of sp³-hybridized carbons (Fsp3) is 0.233. The lowest BCUT2D eigenvalue weighted by Crippen LogP contribution is -2.28. The van der Waals surface area contributed by atoms with Crippen LogP contribution in [0.25, 0.3) is 0 Å². The Bertz CT molecular complexity index is 1320. The van der Waals surface area contributed by atoms with Gasteiger partial charge in [-0.3, -0.25) is 14.9 Å². The van der Waals surface area contributed by atoms with Gasteiger partial charge in [-0.2, -0.15) is 0 Å². The number of ether oxygens (including phenoxy) is 2. The second kappa shape index (κ2) is 13.3. The second-order valence-electron chi connectivity index (χ2n) is 9.42. The Kier molecular flexibility index (Phi) is 9.83. The van der Waals surface area contributed by atoms with E-state index < -0.39 is 17.6 Å². The molecule has 1 atom stereocenters. The van der Waals surface area contributed by atoms with E-state index in [1.807, 2.05) is 13.8 Å². The molecule has 39 heavy (non-hydrogen) atoms. The van der Waals surface area contributed by atoms with Crippen molar-refractivity contribution in [2.45, 2.75) is 26.9 Å². The topological polar surface area (TPSA) is 140 Å². The molecular weight excluding hydrogens is 498 g/mol. The molecule has 0 saturated carbocycles. The lowest BCUT2D eigenvalue weighted by atomic mass is 9.82. The molecule has 3 aromatic rings. The number of hydrogen-bond donors (Lipinski definition) is 4. The van der Waals surface area contributed by atoms with Crippen molar-refractivity contribution in [3.05, 3.63) is 96.1 Å². The number of carbonyl (C=O) groups excluding carboxylic acids is 3. The van der Waals surface area contributed by atoms with Gasteiger partial charge in [0.1, 0.15) is 18.5 Å². The Hall–Kier alpha value is -4.63. The lowest BCUT2D eigenvalue weighted by Gasteiger charge is -2.31. The predicted octanol–water partition coefficient (Wildman–Crippen LogP) is 5.35. The lowest BCUT2D eigenvalue weighted by molar-refractivity contribution is -0.112. The number of hydrogen-bond acceptors (Lipinski definition) is 7. The van der Waals surface area contributed by atoms with Gasteiger partial charge in [0.15, 0.2) is 5.78 Å². The highest BCUT2D eigenvalue weighted by atomic mass is 16.6. The van der Waals surface area contributed by atoms with Crippen LogP contribution in [0.15, 0.2) is 84.9 Å². The van der Waals surface area contributed by atoms with Gasteiger partial charge in [0, 0.05) is 16.7 Å². The van der Waals surface area contributed by atoms with Crippen molar-refractivity contribution in [2.75, 3.05) is 29.6 Å². The molecule has 5 N–H and O–H groups in total. The third-order valence-corrected chi connectivity index (χ3v) is 5.86. The summed E-state index contributed by atoms with van der Waals surface area (Å²) in [5.74, 6) is 0.0837. The number of aliphatic hydroxyl groups excluding tert-OH is 1. The highest BCUT2D eigenvalue weighted by molar-refractivity contribution is 6.01. The molecule has 0 spiro atoms. The summed E-state index contributed by atoms with van der Waals surface area (Å²) in [5.41, 5.74) is 7.67. The monoisotopic (exact) mass is 531 g/mol.